The van der Waals surface area contributed by atoms with Gasteiger partial charge in [0.1, 0.15) is 5.75 Å². The fraction of sp³-hybridized carbons (Fsp3) is 0.440. The number of hydrogen-bond acceptors (Lipinski definition) is 8. The summed E-state index contributed by atoms with van der Waals surface area (Å²) >= 11 is 1.73. The molecular weight excluding hydrogens is 436 g/mol. The molecule has 8 heteroatoms. The Bertz CT molecular complexity index is 992. The molecule has 0 N–H and O–H groups in total. The standard InChI is InChI=1S/C25H30N4O3S/c1-2-4-23(5-3-1)31-16-17-33-19-24-26-27-25(32-24)20-6-8-21(9-7-20)29-11-10-22(18-29)28-12-14-30-15-13-28/h1-9,22H,10-19H2. The summed E-state index contributed by atoms with van der Waals surface area (Å²) in [7, 11) is 0. The van der Waals surface area contributed by atoms with Gasteiger partial charge in [-0.1, -0.05) is 18.2 Å². The van der Waals surface area contributed by atoms with Gasteiger partial charge in [0.05, 0.1) is 25.6 Å². The third-order valence-electron chi connectivity index (χ3n) is 6.14. The first-order valence-electron chi connectivity index (χ1n) is 11.6. The minimum absolute atomic E-state index is 0.574. The van der Waals surface area contributed by atoms with E-state index in [4.69, 9.17) is 13.9 Å². The quantitative estimate of drug-likeness (QED) is 0.439. The highest BCUT2D eigenvalue weighted by Gasteiger charge is 2.28. The smallest absolute Gasteiger partial charge is 0.247 e. The third kappa shape index (κ3) is 5.88. The molecule has 0 amide bonds. The molecule has 1 atom stereocenters. The summed E-state index contributed by atoms with van der Waals surface area (Å²) in [5, 5.41) is 8.45. The van der Waals surface area contributed by atoms with E-state index in [0.29, 0.717) is 30.2 Å². The van der Waals surface area contributed by atoms with Crippen molar-refractivity contribution in [3.05, 3.63) is 60.5 Å². The molecule has 0 aliphatic carbocycles. The van der Waals surface area contributed by atoms with Crippen molar-refractivity contribution in [2.75, 3.05) is 56.7 Å². The second kappa shape index (κ2) is 11.0. The largest absolute Gasteiger partial charge is 0.493 e. The van der Waals surface area contributed by atoms with Crippen LogP contribution < -0.4 is 9.64 Å². The molecule has 3 heterocycles. The van der Waals surface area contributed by atoms with E-state index in [1.54, 1.807) is 11.8 Å². The molecule has 33 heavy (non-hydrogen) atoms. The van der Waals surface area contributed by atoms with Crippen LogP contribution in [0.4, 0.5) is 5.69 Å². The lowest BCUT2D eigenvalue weighted by Crippen LogP contribution is -2.44. The van der Waals surface area contributed by atoms with E-state index in [1.807, 2.05) is 30.3 Å². The summed E-state index contributed by atoms with van der Waals surface area (Å²) in [6, 6.07) is 19.0. The number of thioether (sulfide) groups is 1. The Kier molecular flexibility index (Phi) is 7.45. The van der Waals surface area contributed by atoms with Crippen LogP contribution in [0.15, 0.2) is 59.0 Å². The summed E-state index contributed by atoms with van der Waals surface area (Å²) in [6.45, 7) is 6.64. The van der Waals surface area contributed by atoms with Crippen LogP contribution in [0.25, 0.3) is 11.5 Å². The Labute approximate surface area is 199 Å². The molecule has 0 bridgehead atoms. The van der Waals surface area contributed by atoms with Crippen molar-refractivity contribution < 1.29 is 13.9 Å². The summed E-state index contributed by atoms with van der Waals surface area (Å²) in [5.74, 6) is 3.66. The molecule has 2 aliphatic rings. The van der Waals surface area contributed by atoms with Crippen LogP contribution in [0.5, 0.6) is 5.75 Å². The zero-order valence-corrected chi connectivity index (χ0v) is 19.6. The molecule has 2 fully saturated rings. The van der Waals surface area contributed by atoms with Gasteiger partial charge in [0.25, 0.3) is 0 Å². The number of aromatic nitrogens is 2. The maximum Gasteiger partial charge on any atom is 0.247 e. The van der Waals surface area contributed by atoms with Crippen molar-refractivity contribution in [1.29, 1.82) is 0 Å². The average Bonchev–Trinajstić information content (AvgIpc) is 3.56. The zero-order chi connectivity index (χ0) is 22.3. The maximum atomic E-state index is 5.88. The van der Waals surface area contributed by atoms with Crippen LogP contribution >= 0.6 is 11.8 Å². The minimum Gasteiger partial charge on any atom is -0.493 e. The van der Waals surface area contributed by atoms with Gasteiger partial charge in [-0.2, -0.15) is 0 Å². The fourth-order valence-corrected chi connectivity index (χ4v) is 4.99. The minimum atomic E-state index is 0.574. The number of rotatable bonds is 9. The van der Waals surface area contributed by atoms with Gasteiger partial charge in [0, 0.05) is 49.2 Å². The van der Waals surface area contributed by atoms with Gasteiger partial charge in [-0.15, -0.1) is 22.0 Å². The molecule has 3 aromatic rings. The number of hydrogen-bond donors (Lipinski definition) is 0. The van der Waals surface area contributed by atoms with Gasteiger partial charge in [-0.05, 0) is 42.8 Å². The highest BCUT2D eigenvalue weighted by atomic mass is 32.2. The van der Waals surface area contributed by atoms with Crippen LogP contribution in [0, 0.1) is 0 Å². The zero-order valence-electron chi connectivity index (χ0n) is 18.8. The molecule has 7 nitrogen and oxygen atoms in total. The van der Waals surface area contributed by atoms with Crippen molar-refractivity contribution in [2.24, 2.45) is 0 Å². The number of para-hydroxylation sites is 1. The normalized spacial score (nSPS) is 19.2. The molecule has 0 radical (unpaired) electrons. The number of anilines is 1. The first-order chi connectivity index (χ1) is 16.3. The first kappa shape index (κ1) is 22.3. The predicted octanol–water partition coefficient (Wildman–Crippen LogP) is 3.96. The van der Waals surface area contributed by atoms with E-state index in [-0.39, 0.29) is 0 Å². The third-order valence-corrected chi connectivity index (χ3v) is 7.04. The Morgan fingerprint density at radius 2 is 1.79 bits per heavy atom. The molecule has 5 rings (SSSR count). The van der Waals surface area contributed by atoms with E-state index in [0.717, 1.165) is 56.5 Å². The Balaban J connectivity index is 1.08. The fourth-order valence-electron chi connectivity index (χ4n) is 4.36. The summed E-state index contributed by atoms with van der Waals surface area (Å²) in [5.41, 5.74) is 2.21. The van der Waals surface area contributed by atoms with Gasteiger partial charge in [0.2, 0.25) is 11.8 Å². The van der Waals surface area contributed by atoms with E-state index in [1.165, 1.54) is 12.1 Å². The topological polar surface area (TPSA) is 63.9 Å². The van der Waals surface area contributed by atoms with Gasteiger partial charge in [-0.25, -0.2) is 0 Å². The summed E-state index contributed by atoms with van der Waals surface area (Å²) < 4.78 is 17.1. The lowest BCUT2D eigenvalue weighted by Gasteiger charge is -2.32. The van der Waals surface area contributed by atoms with E-state index in [2.05, 4.69) is 44.3 Å². The van der Waals surface area contributed by atoms with Crippen molar-refractivity contribution in [1.82, 2.24) is 15.1 Å². The second-order valence-corrected chi connectivity index (χ2v) is 9.40. The molecule has 1 unspecified atom stereocenters. The van der Waals surface area contributed by atoms with Crippen molar-refractivity contribution >= 4 is 17.4 Å². The number of benzene rings is 2. The predicted molar refractivity (Wildman–Crippen MR) is 131 cm³/mol. The Morgan fingerprint density at radius 1 is 0.970 bits per heavy atom. The lowest BCUT2D eigenvalue weighted by molar-refractivity contribution is 0.0209. The molecule has 174 valence electrons. The molecule has 2 saturated heterocycles. The summed E-state index contributed by atoms with van der Waals surface area (Å²) in [4.78, 5) is 5.04. The molecule has 0 spiro atoms. The first-order valence-corrected chi connectivity index (χ1v) is 12.8. The lowest BCUT2D eigenvalue weighted by atomic mass is 10.2. The van der Waals surface area contributed by atoms with Crippen LogP contribution in [-0.2, 0) is 10.5 Å². The highest BCUT2D eigenvalue weighted by Crippen LogP contribution is 2.27. The average molecular weight is 467 g/mol. The van der Waals surface area contributed by atoms with E-state index in [9.17, 15) is 0 Å². The molecule has 2 aromatic carbocycles. The van der Waals surface area contributed by atoms with Gasteiger partial charge < -0.3 is 18.8 Å². The van der Waals surface area contributed by atoms with Crippen molar-refractivity contribution in [3.63, 3.8) is 0 Å². The molecule has 1 aromatic heterocycles. The number of morpholine rings is 1. The maximum absolute atomic E-state index is 5.88. The number of ether oxygens (including phenoxy) is 2. The Morgan fingerprint density at radius 3 is 2.61 bits per heavy atom. The summed E-state index contributed by atoms with van der Waals surface area (Å²) in [6.07, 6.45) is 1.21. The highest BCUT2D eigenvalue weighted by molar-refractivity contribution is 7.98. The van der Waals surface area contributed by atoms with Crippen LogP contribution in [-0.4, -0.2) is 72.9 Å². The molecule has 2 aliphatic heterocycles. The van der Waals surface area contributed by atoms with E-state index >= 15 is 0 Å². The molecular formula is C25H30N4O3S. The van der Waals surface area contributed by atoms with Crippen LogP contribution in [0.2, 0.25) is 0 Å². The van der Waals surface area contributed by atoms with Gasteiger partial charge in [-0.3, -0.25) is 4.90 Å². The molecule has 0 saturated carbocycles. The SMILES string of the molecule is c1ccc(OCCSCc2nnc(-c3ccc(N4CCC(N5CCOCC5)C4)cc3)o2)cc1. The monoisotopic (exact) mass is 466 g/mol. The Hall–Kier alpha value is -2.55. The van der Waals surface area contributed by atoms with Crippen molar-refractivity contribution in [2.45, 2.75) is 18.2 Å². The number of nitrogens with zero attached hydrogens (tertiary/aromatic N) is 4. The van der Waals surface area contributed by atoms with Crippen LogP contribution in [0.1, 0.15) is 12.3 Å². The van der Waals surface area contributed by atoms with E-state index < -0.39 is 0 Å². The van der Waals surface area contributed by atoms with Gasteiger partial charge in [0.15, 0.2) is 0 Å². The van der Waals surface area contributed by atoms with Gasteiger partial charge >= 0.3 is 0 Å². The van der Waals surface area contributed by atoms with Crippen LogP contribution in [0.3, 0.4) is 0 Å². The second-order valence-electron chi connectivity index (χ2n) is 8.30. The van der Waals surface area contributed by atoms with Crippen molar-refractivity contribution in [3.8, 4) is 17.2 Å².